The van der Waals surface area contributed by atoms with E-state index in [-0.39, 0.29) is 10.6 Å². The van der Waals surface area contributed by atoms with Crippen LogP contribution >= 0.6 is 0 Å². The summed E-state index contributed by atoms with van der Waals surface area (Å²) in [6.45, 7) is 2.25. The summed E-state index contributed by atoms with van der Waals surface area (Å²) in [5.74, 6) is -4.70. The Kier molecular flexibility index (Phi) is 13.2. The van der Waals surface area contributed by atoms with Gasteiger partial charge in [0, 0.05) is 30.7 Å². The highest BCUT2D eigenvalue weighted by Crippen LogP contribution is 2.22. The molecule has 0 bridgehead atoms. The Morgan fingerprint density at radius 1 is 0.820 bits per heavy atom. The second-order valence-electron chi connectivity index (χ2n) is 11.0. The zero-order valence-electron chi connectivity index (χ0n) is 26.8. The lowest BCUT2D eigenvalue weighted by Crippen LogP contribution is -2.42. The van der Waals surface area contributed by atoms with Crippen molar-refractivity contribution >= 4 is 48.8 Å². The fourth-order valence-electron chi connectivity index (χ4n) is 4.41. The summed E-state index contributed by atoms with van der Waals surface area (Å²) < 4.78 is 67.0. The molecule has 0 heterocycles. The molecule has 0 spiro atoms. The molecule has 0 saturated carbocycles. The molecule has 50 heavy (non-hydrogen) atoms. The van der Waals surface area contributed by atoms with Crippen molar-refractivity contribution in [1.82, 2.24) is 0 Å². The van der Waals surface area contributed by atoms with E-state index >= 15 is 0 Å². The second kappa shape index (κ2) is 16.9. The second-order valence-corrected chi connectivity index (χ2v) is 15.1. The first-order chi connectivity index (χ1) is 23.4. The maximum absolute atomic E-state index is 13.2. The predicted octanol–water partition coefficient (Wildman–Crippen LogP) is 2.58. The van der Waals surface area contributed by atoms with Crippen LogP contribution < -0.4 is 10.5 Å². The van der Waals surface area contributed by atoms with Gasteiger partial charge in [-0.25, -0.2) is 16.8 Å². The van der Waals surface area contributed by atoms with Crippen LogP contribution in [0.1, 0.15) is 24.0 Å². The lowest BCUT2D eigenvalue weighted by molar-refractivity contribution is -0.385. The summed E-state index contributed by atoms with van der Waals surface area (Å²) in [6.07, 6.45) is -2.88. The van der Waals surface area contributed by atoms with E-state index in [0.717, 1.165) is 53.6 Å². The molecule has 2 unspecified atom stereocenters. The highest BCUT2D eigenvalue weighted by Gasteiger charge is 2.33. The van der Waals surface area contributed by atoms with Crippen LogP contribution in [-0.4, -0.2) is 81.3 Å². The number of esters is 2. The topological polar surface area (TPSA) is 259 Å². The smallest absolute Gasteiger partial charge is 0.323 e. The summed E-state index contributed by atoms with van der Waals surface area (Å²) in [5, 5.41) is 22.1. The van der Waals surface area contributed by atoms with Gasteiger partial charge in [-0.05, 0) is 55.7 Å². The maximum Gasteiger partial charge on any atom is 0.323 e. The quantitative estimate of drug-likeness (QED) is 0.112. The number of non-ortho nitro benzene ring substituents is 2. The van der Waals surface area contributed by atoms with Gasteiger partial charge in [-0.3, -0.25) is 34.6 Å². The Morgan fingerprint density at radius 3 is 1.90 bits per heavy atom. The molecule has 2 atom stereocenters. The average Bonchev–Trinajstić information content (AvgIpc) is 3.05. The van der Waals surface area contributed by atoms with Crippen LogP contribution in [0, 0.1) is 34.1 Å². The van der Waals surface area contributed by atoms with E-state index in [0.29, 0.717) is 0 Å². The molecule has 17 nitrogen and oxygen atoms in total. The molecule has 0 amide bonds. The van der Waals surface area contributed by atoms with Gasteiger partial charge < -0.3 is 19.9 Å². The van der Waals surface area contributed by atoms with Gasteiger partial charge in [-0.2, -0.15) is 0 Å². The molecule has 2 N–H and O–H groups in total. The van der Waals surface area contributed by atoms with Gasteiger partial charge >= 0.3 is 11.9 Å². The summed E-state index contributed by atoms with van der Waals surface area (Å²) in [5.41, 5.74) is 6.52. The third-order valence-corrected chi connectivity index (χ3v) is 10.3. The number of ether oxygens (including phenoxy) is 3. The van der Waals surface area contributed by atoms with E-state index in [9.17, 15) is 51.4 Å². The Hall–Kier alpha value is -5.27. The van der Waals surface area contributed by atoms with Crippen LogP contribution in [0.5, 0.6) is 5.75 Å². The minimum atomic E-state index is -4.46. The molecular weight excluding hydrogens is 702 g/mol. The molecule has 268 valence electrons. The zero-order chi connectivity index (χ0) is 37.2. The van der Waals surface area contributed by atoms with Crippen LogP contribution in [0.4, 0.5) is 11.4 Å². The minimum Gasteiger partial charge on any atom is -0.486 e. The number of carbonyl (C=O) groups is 3. The van der Waals surface area contributed by atoms with Gasteiger partial charge in [0.2, 0.25) is 5.78 Å². The molecule has 0 radical (unpaired) electrons. The van der Waals surface area contributed by atoms with E-state index in [4.69, 9.17) is 19.9 Å². The summed E-state index contributed by atoms with van der Waals surface area (Å²) >= 11 is 0. The number of Topliss-reactive ketones (excluding diaryl/α,β-unsaturated/α-hetero) is 1. The highest BCUT2D eigenvalue weighted by molar-refractivity contribution is 7.91. The molecule has 0 aliphatic rings. The number of benzene rings is 3. The maximum atomic E-state index is 13.2. The molecule has 0 fully saturated rings. The first-order valence-corrected chi connectivity index (χ1v) is 18.0. The van der Waals surface area contributed by atoms with E-state index in [1.165, 1.54) is 6.07 Å². The van der Waals surface area contributed by atoms with Crippen LogP contribution in [0.2, 0.25) is 0 Å². The van der Waals surface area contributed by atoms with Gasteiger partial charge in [0.1, 0.15) is 18.4 Å². The number of hydrogen-bond donors (Lipinski definition) is 1. The largest absolute Gasteiger partial charge is 0.486 e. The fraction of sp³-hybridized carbons (Fsp3) is 0.323. The Balaban J connectivity index is 1.64. The monoisotopic (exact) mass is 735 g/mol. The molecule has 0 aliphatic heterocycles. The van der Waals surface area contributed by atoms with E-state index < -0.39 is 113 Å². The molecule has 19 heteroatoms. The van der Waals surface area contributed by atoms with Crippen molar-refractivity contribution in [2.75, 3.05) is 24.7 Å². The van der Waals surface area contributed by atoms with Crippen molar-refractivity contribution in [2.45, 2.75) is 48.6 Å². The number of nitrogens with zero attached hydrogens (tertiary/aromatic N) is 2. The zero-order valence-corrected chi connectivity index (χ0v) is 28.4. The molecular formula is C31H33N3O14S2. The van der Waals surface area contributed by atoms with Gasteiger partial charge in [0.25, 0.3) is 11.4 Å². The molecule has 3 aromatic carbocycles. The number of nitro benzene ring substituents is 2. The van der Waals surface area contributed by atoms with Gasteiger partial charge in [-0.15, -0.1) is 0 Å². The molecule has 0 aliphatic carbocycles. The number of rotatable bonds is 18. The molecule has 0 aromatic heterocycles. The lowest BCUT2D eigenvalue weighted by atomic mass is 10.1. The Bertz CT molecular complexity index is 1980. The first-order valence-electron chi connectivity index (χ1n) is 14.7. The molecule has 0 saturated heterocycles. The number of nitrogens with two attached hydrogens (primary N) is 1. The van der Waals surface area contributed by atoms with Gasteiger partial charge in [-0.1, -0.05) is 18.2 Å². The van der Waals surface area contributed by atoms with Crippen LogP contribution in [0.3, 0.4) is 0 Å². The Morgan fingerprint density at radius 2 is 1.36 bits per heavy atom. The van der Waals surface area contributed by atoms with Gasteiger partial charge in [0.15, 0.2) is 32.4 Å². The number of nitro groups is 2. The average molecular weight is 736 g/mol. The van der Waals surface area contributed by atoms with Crippen molar-refractivity contribution in [2.24, 2.45) is 5.73 Å². The predicted molar refractivity (Wildman–Crippen MR) is 175 cm³/mol. The normalized spacial score (nSPS) is 12.7. The third-order valence-electron chi connectivity index (χ3n) is 6.92. The van der Waals surface area contributed by atoms with E-state index in [1.807, 2.05) is 6.07 Å². The summed E-state index contributed by atoms with van der Waals surface area (Å²) in [6, 6.07) is 11.9. The SMILES string of the molecule is Cc1cc(C)cc(OCC(=O)C(CS(=O)(=O)c2cccc([N+](=O)[O-])c2)OC(=O)C(N)CCC(=O)OCCS(=O)(=O)c2cccc([N+](=O)[O-])c2)c1. The van der Waals surface area contributed by atoms with Crippen LogP contribution in [0.25, 0.3) is 0 Å². The fourth-order valence-corrected chi connectivity index (χ4v) is 6.96. The van der Waals surface area contributed by atoms with Crippen molar-refractivity contribution < 1.29 is 55.3 Å². The number of hydrogen-bond acceptors (Lipinski definition) is 15. The number of carbonyl (C=O) groups excluding carboxylic acids is 3. The number of sulfone groups is 2. The number of ketones is 1. The standard InChI is InChI=1S/C31H33N3O14S2/c1-20-13-21(2)15-24(14-20)47-18-28(35)29(19-50(44,45)26-8-4-6-23(17-26)34(40)41)48-31(37)27(32)9-10-30(36)46-11-12-49(42,43)25-7-3-5-22(16-25)33(38)39/h3-8,13-17,27,29H,9-12,18-19,32H2,1-2H3. The van der Waals surface area contributed by atoms with Crippen molar-refractivity contribution in [3.63, 3.8) is 0 Å². The van der Waals surface area contributed by atoms with Crippen molar-refractivity contribution in [3.8, 4) is 5.75 Å². The van der Waals surface area contributed by atoms with E-state index in [2.05, 4.69) is 0 Å². The van der Waals surface area contributed by atoms with Crippen molar-refractivity contribution in [3.05, 3.63) is 98.1 Å². The first kappa shape index (κ1) is 39.2. The highest BCUT2D eigenvalue weighted by atomic mass is 32.2. The van der Waals surface area contributed by atoms with Crippen molar-refractivity contribution in [1.29, 1.82) is 0 Å². The van der Waals surface area contributed by atoms with E-state index in [1.54, 1.807) is 26.0 Å². The minimum absolute atomic E-state index is 0.288. The van der Waals surface area contributed by atoms with Crippen LogP contribution in [0.15, 0.2) is 76.5 Å². The summed E-state index contributed by atoms with van der Waals surface area (Å²) in [4.78, 5) is 58.0. The third kappa shape index (κ3) is 11.4. The Labute approximate surface area is 286 Å². The van der Waals surface area contributed by atoms with Gasteiger partial charge in [0.05, 0.1) is 31.1 Å². The lowest BCUT2D eigenvalue weighted by Gasteiger charge is -2.20. The van der Waals surface area contributed by atoms with Crippen LogP contribution in [-0.2, 0) is 43.5 Å². The molecule has 3 rings (SSSR count). The number of aryl methyl sites for hydroxylation is 2. The summed E-state index contributed by atoms with van der Waals surface area (Å²) in [7, 11) is -8.51. The molecule has 3 aromatic rings.